The van der Waals surface area contributed by atoms with E-state index >= 15 is 0 Å². The monoisotopic (exact) mass is 375 g/mol. The van der Waals surface area contributed by atoms with Crippen LogP contribution in [0.5, 0.6) is 0 Å². The molecule has 0 unspecified atom stereocenters. The van der Waals surface area contributed by atoms with Gasteiger partial charge >= 0.3 is 0 Å². The largest absolute Gasteiger partial charge is 0.392 e. The zero-order valence-electron chi connectivity index (χ0n) is 14.2. The van der Waals surface area contributed by atoms with E-state index in [0.717, 1.165) is 9.87 Å². The molecule has 1 aromatic rings. The van der Waals surface area contributed by atoms with Gasteiger partial charge in [0.15, 0.2) is 9.84 Å². The van der Waals surface area contributed by atoms with Gasteiger partial charge in [0.05, 0.1) is 22.5 Å². The number of sulfonamides is 1. The highest BCUT2D eigenvalue weighted by Gasteiger charge is 2.39. The Labute approximate surface area is 144 Å². The molecule has 2 rings (SSSR count). The SMILES string of the molecule is CC(C)c1ccc(S(=O)(=O)N(C[C@@H](C)O)[C@H]2CCS(=O)(=O)C2)cc1. The van der Waals surface area contributed by atoms with Crippen molar-refractivity contribution in [1.82, 2.24) is 4.31 Å². The minimum Gasteiger partial charge on any atom is -0.392 e. The van der Waals surface area contributed by atoms with E-state index < -0.39 is 32.0 Å². The molecule has 0 radical (unpaired) electrons. The molecule has 1 N–H and O–H groups in total. The first-order chi connectivity index (χ1) is 11.0. The third kappa shape index (κ3) is 4.36. The van der Waals surface area contributed by atoms with Crippen molar-refractivity contribution < 1.29 is 21.9 Å². The average molecular weight is 376 g/mol. The second-order valence-electron chi connectivity index (χ2n) is 6.70. The van der Waals surface area contributed by atoms with Crippen molar-refractivity contribution in [3.05, 3.63) is 29.8 Å². The molecule has 0 saturated carbocycles. The maximum atomic E-state index is 13.0. The quantitative estimate of drug-likeness (QED) is 0.811. The predicted octanol–water partition coefficient (Wildman–Crippen LogP) is 1.37. The van der Waals surface area contributed by atoms with Gasteiger partial charge < -0.3 is 5.11 Å². The summed E-state index contributed by atoms with van der Waals surface area (Å²) in [6, 6.07) is 6.00. The Morgan fingerprint density at radius 2 is 1.79 bits per heavy atom. The average Bonchev–Trinajstić information content (AvgIpc) is 2.84. The smallest absolute Gasteiger partial charge is 0.243 e. The topological polar surface area (TPSA) is 91.8 Å². The molecule has 0 spiro atoms. The summed E-state index contributed by atoms with van der Waals surface area (Å²) in [5.74, 6) is 0.0778. The van der Waals surface area contributed by atoms with Crippen molar-refractivity contribution >= 4 is 19.9 Å². The van der Waals surface area contributed by atoms with E-state index in [4.69, 9.17) is 0 Å². The molecule has 0 aliphatic carbocycles. The van der Waals surface area contributed by atoms with Crippen molar-refractivity contribution in [2.75, 3.05) is 18.1 Å². The molecule has 0 bridgehead atoms. The lowest BCUT2D eigenvalue weighted by atomic mass is 10.0. The maximum absolute atomic E-state index is 13.0. The lowest BCUT2D eigenvalue weighted by Gasteiger charge is -2.28. The van der Waals surface area contributed by atoms with Crippen LogP contribution in [0.1, 0.15) is 38.7 Å². The van der Waals surface area contributed by atoms with Crippen LogP contribution >= 0.6 is 0 Å². The highest BCUT2D eigenvalue weighted by atomic mass is 32.2. The van der Waals surface area contributed by atoms with Gasteiger partial charge in [0.2, 0.25) is 10.0 Å². The van der Waals surface area contributed by atoms with E-state index in [0.29, 0.717) is 0 Å². The van der Waals surface area contributed by atoms with Crippen LogP contribution in [0.15, 0.2) is 29.2 Å². The standard InChI is InChI=1S/C16H25NO5S2/c1-12(2)14-4-6-16(7-5-14)24(21,22)17(10-13(3)18)15-8-9-23(19,20)11-15/h4-7,12-13,15,18H,8-11H2,1-3H3/t13-,15+/m1/s1. The Kier molecular flexibility index (Phi) is 5.74. The Hall–Kier alpha value is -0.960. The van der Waals surface area contributed by atoms with Crippen molar-refractivity contribution in [3.63, 3.8) is 0 Å². The van der Waals surface area contributed by atoms with Gasteiger partial charge in [-0.15, -0.1) is 0 Å². The van der Waals surface area contributed by atoms with Gasteiger partial charge in [0.1, 0.15) is 0 Å². The van der Waals surface area contributed by atoms with Crippen LogP contribution < -0.4 is 0 Å². The Morgan fingerprint density at radius 3 is 2.21 bits per heavy atom. The molecular formula is C16H25NO5S2. The second kappa shape index (κ2) is 7.11. The summed E-state index contributed by atoms with van der Waals surface area (Å²) in [6.45, 7) is 5.42. The predicted molar refractivity (Wildman–Crippen MR) is 93.2 cm³/mol. The number of aliphatic hydroxyl groups excluding tert-OH is 1. The van der Waals surface area contributed by atoms with Crippen LogP contribution in [0.2, 0.25) is 0 Å². The lowest BCUT2D eigenvalue weighted by Crippen LogP contribution is -2.44. The highest BCUT2D eigenvalue weighted by molar-refractivity contribution is 7.92. The van der Waals surface area contributed by atoms with Crippen LogP contribution in [-0.2, 0) is 19.9 Å². The maximum Gasteiger partial charge on any atom is 0.243 e. The molecule has 6 nitrogen and oxygen atoms in total. The summed E-state index contributed by atoms with van der Waals surface area (Å²) in [6.07, 6.45) is -0.615. The summed E-state index contributed by atoms with van der Waals surface area (Å²) < 4.78 is 50.5. The number of nitrogens with zero attached hydrogens (tertiary/aromatic N) is 1. The van der Waals surface area contributed by atoms with E-state index in [2.05, 4.69) is 0 Å². The molecule has 8 heteroatoms. The molecule has 0 aromatic heterocycles. The summed E-state index contributed by atoms with van der Waals surface area (Å²) in [4.78, 5) is 0.122. The minimum atomic E-state index is -3.86. The summed E-state index contributed by atoms with van der Waals surface area (Å²) in [5, 5.41) is 9.68. The number of hydrogen-bond acceptors (Lipinski definition) is 5. The summed E-state index contributed by atoms with van der Waals surface area (Å²) in [7, 11) is -7.09. The number of sulfone groups is 1. The molecule has 1 aliphatic rings. The number of hydrogen-bond donors (Lipinski definition) is 1. The van der Waals surface area contributed by atoms with Gasteiger partial charge in [0.25, 0.3) is 0 Å². The Morgan fingerprint density at radius 1 is 1.21 bits per heavy atom. The van der Waals surface area contributed by atoms with Crippen molar-refractivity contribution in [1.29, 1.82) is 0 Å². The van der Waals surface area contributed by atoms with Crippen molar-refractivity contribution in [2.24, 2.45) is 0 Å². The zero-order chi connectivity index (χ0) is 18.1. The fraction of sp³-hybridized carbons (Fsp3) is 0.625. The molecule has 1 aromatic carbocycles. The first kappa shape index (κ1) is 19.4. The molecule has 0 amide bonds. The molecule has 1 fully saturated rings. The summed E-state index contributed by atoms with van der Waals surface area (Å²) in [5.41, 5.74) is 1.03. The normalized spacial score (nSPS) is 22.2. The molecule has 1 heterocycles. The minimum absolute atomic E-state index is 0.0181. The van der Waals surface area contributed by atoms with Crippen LogP contribution in [0.3, 0.4) is 0 Å². The van der Waals surface area contributed by atoms with Crippen LogP contribution in [-0.4, -0.2) is 56.4 Å². The van der Waals surface area contributed by atoms with Crippen LogP contribution in [0.4, 0.5) is 0 Å². The zero-order valence-corrected chi connectivity index (χ0v) is 15.8. The van der Waals surface area contributed by atoms with Gasteiger partial charge in [-0.3, -0.25) is 0 Å². The Bertz CT molecular complexity index is 767. The fourth-order valence-electron chi connectivity index (χ4n) is 2.87. The third-order valence-electron chi connectivity index (χ3n) is 4.21. The van der Waals surface area contributed by atoms with Crippen LogP contribution in [0, 0.1) is 0 Å². The van der Waals surface area contributed by atoms with Gasteiger partial charge in [-0.1, -0.05) is 26.0 Å². The molecule has 1 saturated heterocycles. The van der Waals surface area contributed by atoms with Gasteiger partial charge in [0, 0.05) is 12.6 Å². The van der Waals surface area contributed by atoms with Crippen molar-refractivity contribution in [2.45, 2.75) is 50.2 Å². The summed E-state index contributed by atoms with van der Waals surface area (Å²) >= 11 is 0. The first-order valence-corrected chi connectivity index (χ1v) is 11.3. The number of aliphatic hydroxyl groups is 1. The molecular weight excluding hydrogens is 350 g/mol. The van der Waals surface area contributed by atoms with Gasteiger partial charge in [-0.05, 0) is 37.0 Å². The van der Waals surface area contributed by atoms with E-state index in [-0.39, 0.29) is 35.3 Å². The number of rotatable bonds is 6. The number of benzene rings is 1. The van der Waals surface area contributed by atoms with E-state index in [1.165, 1.54) is 6.92 Å². The molecule has 24 heavy (non-hydrogen) atoms. The molecule has 2 atom stereocenters. The van der Waals surface area contributed by atoms with E-state index in [1.54, 1.807) is 24.3 Å². The molecule has 1 aliphatic heterocycles. The van der Waals surface area contributed by atoms with E-state index in [9.17, 15) is 21.9 Å². The first-order valence-electron chi connectivity index (χ1n) is 8.03. The molecule has 136 valence electrons. The third-order valence-corrected chi connectivity index (χ3v) is 7.90. The van der Waals surface area contributed by atoms with Gasteiger partial charge in [-0.25, -0.2) is 16.8 Å². The van der Waals surface area contributed by atoms with Crippen molar-refractivity contribution in [3.8, 4) is 0 Å². The highest BCUT2D eigenvalue weighted by Crippen LogP contribution is 2.26. The lowest BCUT2D eigenvalue weighted by molar-refractivity contribution is 0.151. The Balaban J connectivity index is 2.36. The van der Waals surface area contributed by atoms with E-state index in [1.807, 2.05) is 13.8 Å². The van der Waals surface area contributed by atoms with Gasteiger partial charge in [-0.2, -0.15) is 4.31 Å². The fourth-order valence-corrected chi connectivity index (χ4v) is 6.43. The second-order valence-corrected chi connectivity index (χ2v) is 10.8. The van der Waals surface area contributed by atoms with Crippen LogP contribution in [0.25, 0.3) is 0 Å².